The summed E-state index contributed by atoms with van der Waals surface area (Å²) in [7, 11) is 0. The first kappa shape index (κ1) is 23.7. The van der Waals surface area contributed by atoms with E-state index in [1.54, 1.807) is 24.1 Å². The number of carbonyl (C=O) groups is 1. The van der Waals surface area contributed by atoms with Crippen molar-refractivity contribution in [1.82, 2.24) is 19.9 Å². The second-order valence-electron chi connectivity index (χ2n) is 9.95. The molecule has 1 aliphatic heterocycles. The Labute approximate surface area is 208 Å². The summed E-state index contributed by atoms with van der Waals surface area (Å²) in [5.41, 5.74) is 0.224. The van der Waals surface area contributed by atoms with Crippen LogP contribution < -0.4 is 4.90 Å². The molecule has 0 saturated carbocycles. The average molecular weight is 490 g/mol. The number of pyridine rings is 1. The normalized spacial score (nSPS) is 14.5. The van der Waals surface area contributed by atoms with E-state index in [-0.39, 0.29) is 23.1 Å². The van der Waals surface area contributed by atoms with Crippen LogP contribution in [-0.2, 0) is 4.74 Å². The minimum atomic E-state index is -0.567. The Morgan fingerprint density at radius 1 is 1.06 bits per heavy atom. The van der Waals surface area contributed by atoms with Crippen LogP contribution in [0, 0.1) is 12.7 Å². The van der Waals surface area contributed by atoms with E-state index in [0.717, 1.165) is 10.8 Å². The monoisotopic (exact) mass is 489 g/mol. The lowest BCUT2D eigenvalue weighted by Crippen LogP contribution is -2.50. The maximum absolute atomic E-state index is 15.9. The zero-order chi connectivity index (χ0) is 25.6. The predicted octanol–water partition coefficient (Wildman–Crippen LogP) is 5.06. The highest BCUT2D eigenvalue weighted by atomic mass is 19.1. The Morgan fingerprint density at radius 3 is 2.50 bits per heavy atom. The lowest BCUT2D eigenvalue weighted by atomic mass is 10.00. The Hall–Kier alpha value is -4.01. The highest BCUT2D eigenvalue weighted by Crippen LogP contribution is 2.36. The fourth-order valence-corrected chi connectivity index (χ4v) is 4.50. The average Bonchev–Trinajstić information content (AvgIpc) is 2.83. The van der Waals surface area contributed by atoms with Crippen LogP contribution >= 0.6 is 0 Å². The molecule has 0 radical (unpaired) electrons. The molecule has 1 aliphatic rings. The third-order valence-corrected chi connectivity index (χ3v) is 6.11. The van der Waals surface area contributed by atoms with E-state index in [4.69, 9.17) is 4.74 Å². The summed E-state index contributed by atoms with van der Waals surface area (Å²) in [6.45, 7) is 9.20. The molecular weight excluding hydrogens is 461 g/mol. The summed E-state index contributed by atoms with van der Waals surface area (Å²) in [4.78, 5) is 29.6. The second kappa shape index (κ2) is 8.89. The first-order valence-corrected chi connectivity index (χ1v) is 11.9. The van der Waals surface area contributed by atoms with Crippen molar-refractivity contribution in [2.45, 2.75) is 33.3 Å². The van der Waals surface area contributed by atoms with Gasteiger partial charge in [-0.1, -0.05) is 24.3 Å². The molecule has 4 aromatic rings. The molecule has 1 saturated heterocycles. The summed E-state index contributed by atoms with van der Waals surface area (Å²) in [6.07, 6.45) is 1.24. The van der Waals surface area contributed by atoms with Crippen LogP contribution in [0.25, 0.3) is 32.9 Å². The number of benzene rings is 2. The van der Waals surface area contributed by atoms with Gasteiger partial charge < -0.3 is 19.6 Å². The first-order chi connectivity index (χ1) is 17.1. The fourth-order valence-electron chi connectivity index (χ4n) is 4.50. The Bertz CT molecular complexity index is 1480. The number of carbonyl (C=O) groups excluding carboxylic acids is 1. The highest BCUT2D eigenvalue weighted by molar-refractivity contribution is 5.99. The number of fused-ring (bicyclic) bond motifs is 2. The van der Waals surface area contributed by atoms with Gasteiger partial charge in [-0.2, -0.15) is 0 Å². The molecule has 2 aromatic heterocycles. The number of ether oxygens (including phenoxy) is 1. The summed E-state index contributed by atoms with van der Waals surface area (Å²) in [6, 6.07) is 10.6. The Morgan fingerprint density at radius 2 is 1.78 bits per heavy atom. The molecule has 3 heterocycles. The van der Waals surface area contributed by atoms with Gasteiger partial charge in [0, 0.05) is 37.9 Å². The molecule has 0 bridgehead atoms. The number of anilines is 1. The Kier molecular flexibility index (Phi) is 5.86. The van der Waals surface area contributed by atoms with Gasteiger partial charge in [0.15, 0.2) is 5.82 Å². The number of hydrogen-bond acceptors (Lipinski definition) is 7. The molecule has 2 aromatic carbocycles. The highest BCUT2D eigenvalue weighted by Gasteiger charge is 2.28. The first-order valence-electron chi connectivity index (χ1n) is 11.9. The van der Waals surface area contributed by atoms with Gasteiger partial charge in [-0.05, 0) is 50.6 Å². The molecule has 186 valence electrons. The van der Waals surface area contributed by atoms with Gasteiger partial charge in [-0.3, -0.25) is 4.98 Å². The van der Waals surface area contributed by atoms with E-state index in [0.29, 0.717) is 48.8 Å². The van der Waals surface area contributed by atoms with Crippen molar-refractivity contribution in [1.29, 1.82) is 0 Å². The summed E-state index contributed by atoms with van der Waals surface area (Å²) in [5, 5.41) is 12.3. The second-order valence-corrected chi connectivity index (χ2v) is 9.95. The van der Waals surface area contributed by atoms with Crippen LogP contribution in [0.2, 0.25) is 0 Å². The van der Waals surface area contributed by atoms with E-state index < -0.39 is 11.4 Å². The van der Waals surface area contributed by atoms with Gasteiger partial charge in [-0.15, -0.1) is 0 Å². The van der Waals surface area contributed by atoms with Gasteiger partial charge in [0.2, 0.25) is 0 Å². The topological polar surface area (TPSA) is 91.7 Å². The maximum Gasteiger partial charge on any atom is 0.410 e. The number of rotatable bonds is 2. The molecule has 0 atom stereocenters. The fraction of sp³-hybridized carbons (Fsp3) is 0.333. The molecule has 8 nitrogen and oxygen atoms in total. The number of aromatic nitrogens is 3. The minimum absolute atomic E-state index is 0.0346. The third kappa shape index (κ3) is 4.48. The van der Waals surface area contributed by atoms with Gasteiger partial charge in [0.1, 0.15) is 34.2 Å². The number of amides is 1. The number of aryl methyl sites for hydroxylation is 1. The Balaban J connectivity index is 1.51. The number of phenolic OH excluding ortho intramolecular Hbond substituents is 1. The molecule has 1 amide bonds. The standard InChI is InChI=1S/C27H28FN5O3/c1-16-30-24-21(25(31-16)32-9-11-33(12-10-32)26(35)36-27(2,3)4)15-29-23(22(24)28)20-14-18(34)13-17-7-5-6-8-19(17)20/h5-8,13-15,34H,9-12H2,1-4H3. The van der Waals surface area contributed by atoms with Crippen molar-refractivity contribution in [2.24, 2.45) is 0 Å². The van der Waals surface area contributed by atoms with Crippen molar-refractivity contribution in [2.75, 3.05) is 31.1 Å². The summed E-state index contributed by atoms with van der Waals surface area (Å²) >= 11 is 0. The lowest BCUT2D eigenvalue weighted by Gasteiger charge is -2.36. The SMILES string of the molecule is Cc1nc(N2CCN(C(=O)OC(C)(C)C)CC2)c2cnc(-c3cc(O)cc4ccccc34)c(F)c2n1. The van der Waals surface area contributed by atoms with Gasteiger partial charge in [-0.25, -0.2) is 19.2 Å². The molecule has 0 spiro atoms. The van der Waals surface area contributed by atoms with Crippen LogP contribution in [0.3, 0.4) is 0 Å². The lowest BCUT2D eigenvalue weighted by molar-refractivity contribution is 0.0240. The molecular formula is C27H28FN5O3. The smallest absolute Gasteiger partial charge is 0.410 e. The summed E-state index contributed by atoms with van der Waals surface area (Å²) < 4.78 is 21.4. The molecule has 9 heteroatoms. The quantitative estimate of drug-likeness (QED) is 0.421. The van der Waals surface area contributed by atoms with E-state index in [1.807, 2.05) is 49.9 Å². The predicted molar refractivity (Wildman–Crippen MR) is 137 cm³/mol. The van der Waals surface area contributed by atoms with Crippen molar-refractivity contribution in [3.05, 3.63) is 54.2 Å². The molecule has 36 heavy (non-hydrogen) atoms. The summed E-state index contributed by atoms with van der Waals surface area (Å²) in [5.74, 6) is 0.485. The maximum atomic E-state index is 15.9. The van der Waals surface area contributed by atoms with E-state index >= 15 is 4.39 Å². The van der Waals surface area contributed by atoms with Gasteiger partial charge >= 0.3 is 6.09 Å². The van der Waals surface area contributed by atoms with E-state index in [1.165, 1.54) is 6.07 Å². The van der Waals surface area contributed by atoms with Crippen LogP contribution in [0.1, 0.15) is 26.6 Å². The largest absolute Gasteiger partial charge is 0.508 e. The number of hydrogen-bond donors (Lipinski definition) is 1. The molecule has 0 unspecified atom stereocenters. The van der Waals surface area contributed by atoms with E-state index in [2.05, 4.69) is 15.0 Å². The number of phenols is 1. The zero-order valence-electron chi connectivity index (χ0n) is 20.7. The minimum Gasteiger partial charge on any atom is -0.508 e. The number of piperazine rings is 1. The van der Waals surface area contributed by atoms with Crippen molar-refractivity contribution >= 4 is 33.6 Å². The number of nitrogens with zero attached hydrogens (tertiary/aromatic N) is 5. The third-order valence-electron chi connectivity index (χ3n) is 6.11. The molecule has 1 N–H and O–H groups in total. The van der Waals surface area contributed by atoms with Crippen molar-refractivity contribution in [3.8, 4) is 17.0 Å². The van der Waals surface area contributed by atoms with Crippen LogP contribution in [0.4, 0.5) is 15.0 Å². The van der Waals surface area contributed by atoms with Crippen LogP contribution in [-0.4, -0.2) is 62.8 Å². The van der Waals surface area contributed by atoms with E-state index in [9.17, 15) is 9.90 Å². The molecule has 5 rings (SSSR count). The molecule has 1 fully saturated rings. The number of aromatic hydroxyl groups is 1. The van der Waals surface area contributed by atoms with Crippen LogP contribution in [0.15, 0.2) is 42.6 Å². The van der Waals surface area contributed by atoms with Crippen molar-refractivity contribution in [3.63, 3.8) is 0 Å². The zero-order valence-corrected chi connectivity index (χ0v) is 20.7. The van der Waals surface area contributed by atoms with Crippen LogP contribution in [0.5, 0.6) is 5.75 Å². The van der Waals surface area contributed by atoms with Gasteiger partial charge in [0.25, 0.3) is 0 Å². The molecule has 0 aliphatic carbocycles. The number of halogens is 1. The van der Waals surface area contributed by atoms with Crippen molar-refractivity contribution < 1.29 is 19.0 Å². The van der Waals surface area contributed by atoms with Gasteiger partial charge in [0.05, 0.1) is 5.39 Å².